The molecule has 0 fully saturated rings. The summed E-state index contributed by atoms with van der Waals surface area (Å²) < 4.78 is 8.88. The van der Waals surface area contributed by atoms with E-state index in [9.17, 15) is 0 Å². The quantitative estimate of drug-likeness (QED) is 0.112. The Balaban J connectivity index is 0. The van der Waals surface area contributed by atoms with Crippen molar-refractivity contribution in [2.75, 3.05) is 18.1 Å². The van der Waals surface area contributed by atoms with Crippen molar-refractivity contribution >= 4 is 19.6 Å². The van der Waals surface area contributed by atoms with Crippen LogP contribution in [0.2, 0.25) is 0 Å². The summed E-state index contributed by atoms with van der Waals surface area (Å²) in [7, 11) is -4.64. The minimum absolute atomic E-state index is 0.361. The lowest BCUT2D eigenvalue weighted by Gasteiger charge is -2.04. The zero-order chi connectivity index (χ0) is 22.1. The summed E-state index contributed by atoms with van der Waals surface area (Å²) >= 11 is 2.07. The molecule has 4 N–H and O–H groups in total. The van der Waals surface area contributed by atoms with Crippen molar-refractivity contribution in [3.8, 4) is 0 Å². The number of phosphoric acid groups is 1. The SMILES string of the molecule is CCCCCCCCCCCCCCCCCCSCCCCO.O=P(O)(O)O. The molecule has 0 heterocycles. The molecule has 0 saturated heterocycles. The Labute approximate surface area is 184 Å². The fourth-order valence-electron chi connectivity index (χ4n) is 3.17. The normalized spacial score (nSPS) is 11.3. The van der Waals surface area contributed by atoms with Crippen LogP contribution in [-0.2, 0) is 4.57 Å². The van der Waals surface area contributed by atoms with Gasteiger partial charge in [0.05, 0.1) is 0 Å². The summed E-state index contributed by atoms with van der Waals surface area (Å²) in [6.45, 7) is 2.65. The molecule has 0 aliphatic rings. The van der Waals surface area contributed by atoms with Crippen molar-refractivity contribution in [1.29, 1.82) is 0 Å². The Bertz CT molecular complexity index is 309. The van der Waals surface area contributed by atoms with E-state index in [-0.39, 0.29) is 0 Å². The largest absolute Gasteiger partial charge is 0.466 e. The van der Waals surface area contributed by atoms with Crippen molar-refractivity contribution in [1.82, 2.24) is 0 Å². The van der Waals surface area contributed by atoms with Crippen molar-refractivity contribution in [2.24, 2.45) is 0 Å². The van der Waals surface area contributed by atoms with Crippen LogP contribution in [0.1, 0.15) is 122 Å². The molecule has 178 valence electrons. The standard InChI is InChI=1S/C22H46OS.H3O4P/c1-2-3-4-5-6-7-8-9-10-11-12-13-14-15-16-18-21-24-22-19-17-20-23;1-5(2,3)4/h23H,2-22H2,1H3;(H3,1,2,3,4). The first-order chi connectivity index (χ1) is 13.9. The van der Waals surface area contributed by atoms with Gasteiger partial charge in [0.2, 0.25) is 0 Å². The molecular weight excluding hydrogens is 407 g/mol. The van der Waals surface area contributed by atoms with Crippen LogP contribution < -0.4 is 0 Å². The molecule has 5 nitrogen and oxygen atoms in total. The van der Waals surface area contributed by atoms with Crippen LogP contribution in [0.25, 0.3) is 0 Å². The summed E-state index contributed by atoms with van der Waals surface area (Å²) in [6, 6.07) is 0. The van der Waals surface area contributed by atoms with Gasteiger partial charge in [-0.2, -0.15) is 11.8 Å². The topological polar surface area (TPSA) is 98.0 Å². The van der Waals surface area contributed by atoms with Gasteiger partial charge in [-0.05, 0) is 30.8 Å². The van der Waals surface area contributed by atoms with Crippen LogP contribution in [0.5, 0.6) is 0 Å². The molecule has 7 heteroatoms. The molecule has 0 atom stereocenters. The average molecular weight is 457 g/mol. The maximum Gasteiger partial charge on any atom is 0.466 e. The average Bonchev–Trinajstić information content (AvgIpc) is 2.65. The minimum Gasteiger partial charge on any atom is -0.396 e. The molecule has 0 aliphatic carbocycles. The highest BCUT2D eigenvalue weighted by atomic mass is 32.2. The molecular formula is C22H49O5PS. The van der Waals surface area contributed by atoms with Gasteiger partial charge in [-0.25, -0.2) is 4.57 Å². The number of rotatable bonds is 21. The van der Waals surface area contributed by atoms with E-state index in [1.807, 2.05) is 0 Å². The lowest BCUT2D eigenvalue weighted by atomic mass is 10.0. The highest BCUT2D eigenvalue weighted by molar-refractivity contribution is 7.99. The molecule has 0 aromatic carbocycles. The predicted octanol–water partition coefficient (Wildman–Crippen LogP) is 6.83. The van der Waals surface area contributed by atoms with E-state index in [2.05, 4.69) is 18.7 Å². The molecule has 29 heavy (non-hydrogen) atoms. The van der Waals surface area contributed by atoms with Gasteiger partial charge in [0.1, 0.15) is 0 Å². The number of aliphatic hydroxyl groups is 1. The highest BCUT2D eigenvalue weighted by Gasteiger charge is 2.00. The van der Waals surface area contributed by atoms with Crippen molar-refractivity contribution < 1.29 is 24.4 Å². The third-order valence-corrected chi connectivity index (χ3v) is 5.99. The summed E-state index contributed by atoms with van der Waals surface area (Å²) in [6.07, 6.45) is 25.3. The number of aliphatic hydroxyl groups excluding tert-OH is 1. The number of hydrogen-bond donors (Lipinski definition) is 4. The molecule has 0 radical (unpaired) electrons. The molecule has 0 aromatic heterocycles. The van der Waals surface area contributed by atoms with Crippen molar-refractivity contribution in [2.45, 2.75) is 122 Å². The summed E-state index contributed by atoms with van der Waals surface area (Å²) in [5.74, 6) is 2.56. The van der Waals surface area contributed by atoms with Gasteiger partial charge in [-0.15, -0.1) is 0 Å². The van der Waals surface area contributed by atoms with Crippen LogP contribution in [0, 0.1) is 0 Å². The second-order valence-electron chi connectivity index (χ2n) is 7.86. The highest BCUT2D eigenvalue weighted by Crippen LogP contribution is 2.25. The monoisotopic (exact) mass is 456 g/mol. The maximum atomic E-state index is 8.88. The van der Waals surface area contributed by atoms with Gasteiger partial charge < -0.3 is 19.8 Å². The second kappa shape index (κ2) is 26.5. The molecule has 0 amide bonds. The summed E-state index contributed by atoms with van der Waals surface area (Å²) in [5.41, 5.74) is 0. The fraction of sp³-hybridized carbons (Fsp3) is 1.00. The van der Waals surface area contributed by atoms with Gasteiger partial charge in [-0.1, -0.05) is 103 Å². The number of thioether (sulfide) groups is 1. The van der Waals surface area contributed by atoms with E-state index in [0.717, 1.165) is 6.42 Å². The molecule has 0 spiro atoms. The summed E-state index contributed by atoms with van der Waals surface area (Å²) in [4.78, 5) is 21.6. The second-order valence-corrected chi connectivity index (χ2v) is 10.1. The minimum atomic E-state index is -4.64. The van der Waals surface area contributed by atoms with Gasteiger partial charge in [0.25, 0.3) is 0 Å². The lowest BCUT2D eigenvalue weighted by Crippen LogP contribution is -1.88. The van der Waals surface area contributed by atoms with E-state index in [0.29, 0.717) is 6.61 Å². The summed E-state index contributed by atoms with van der Waals surface area (Å²) in [5, 5.41) is 8.71. The van der Waals surface area contributed by atoms with Gasteiger partial charge in [-0.3, -0.25) is 0 Å². The Morgan fingerprint density at radius 1 is 0.552 bits per heavy atom. The third kappa shape index (κ3) is 43.2. The van der Waals surface area contributed by atoms with E-state index in [1.54, 1.807) is 0 Å². The number of unbranched alkanes of at least 4 members (excludes halogenated alkanes) is 16. The number of hydrogen-bond acceptors (Lipinski definition) is 3. The predicted molar refractivity (Wildman–Crippen MR) is 127 cm³/mol. The van der Waals surface area contributed by atoms with Crippen LogP contribution in [0.15, 0.2) is 0 Å². The first-order valence-corrected chi connectivity index (χ1v) is 14.6. The smallest absolute Gasteiger partial charge is 0.396 e. The fourth-order valence-corrected chi connectivity index (χ4v) is 4.19. The zero-order valence-electron chi connectivity index (χ0n) is 18.9. The Morgan fingerprint density at radius 3 is 1.14 bits per heavy atom. The van der Waals surface area contributed by atoms with Crippen molar-refractivity contribution in [3.63, 3.8) is 0 Å². The van der Waals surface area contributed by atoms with Crippen LogP contribution >= 0.6 is 19.6 Å². The first kappa shape index (κ1) is 31.6. The molecule has 0 rings (SSSR count). The van der Waals surface area contributed by atoms with Gasteiger partial charge in [0, 0.05) is 6.61 Å². The van der Waals surface area contributed by atoms with Gasteiger partial charge >= 0.3 is 7.82 Å². The van der Waals surface area contributed by atoms with Crippen LogP contribution in [0.3, 0.4) is 0 Å². The van der Waals surface area contributed by atoms with Crippen molar-refractivity contribution in [3.05, 3.63) is 0 Å². The molecule has 0 aliphatic heterocycles. The Kier molecular flexibility index (Phi) is 28.8. The Hall–Kier alpha value is 0.420. The van der Waals surface area contributed by atoms with E-state index < -0.39 is 7.82 Å². The zero-order valence-corrected chi connectivity index (χ0v) is 20.6. The first-order valence-electron chi connectivity index (χ1n) is 11.9. The lowest BCUT2D eigenvalue weighted by molar-refractivity contribution is 0.275. The Morgan fingerprint density at radius 2 is 0.828 bits per heavy atom. The van der Waals surface area contributed by atoms with Crippen LogP contribution in [0.4, 0.5) is 0 Å². The molecule has 0 aromatic rings. The maximum absolute atomic E-state index is 8.88. The van der Waals surface area contributed by atoms with E-state index in [4.69, 9.17) is 24.4 Å². The molecule has 0 unspecified atom stereocenters. The molecule has 0 saturated carbocycles. The van der Waals surface area contributed by atoms with E-state index >= 15 is 0 Å². The third-order valence-electron chi connectivity index (χ3n) is 4.84. The van der Waals surface area contributed by atoms with E-state index in [1.165, 1.54) is 121 Å². The van der Waals surface area contributed by atoms with Crippen LogP contribution in [-0.4, -0.2) is 37.9 Å². The molecule has 0 bridgehead atoms. The van der Waals surface area contributed by atoms with Gasteiger partial charge in [0.15, 0.2) is 0 Å².